The van der Waals surface area contributed by atoms with Crippen LogP contribution in [0.3, 0.4) is 0 Å². The Kier molecular flexibility index (Phi) is 4.63. The minimum Gasteiger partial charge on any atom is -0.504 e. The van der Waals surface area contributed by atoms with Crippen LogP contribution in [0.5, 0.6) is 11.5 Å². The Labute approximate surface area is 205 Å². The molecule has 5 aromatic rings. The third-order valence-electron chi connectivity index (χ3n) is 7.01. The molecule has 1 aliphatic heterocycles. The lowest BCUT2D eigenvalue weighted by molar-refractivity contribution is 0.398. The number of aryl methyl sites for hydroxylation is 2. The predicted octanol–water partition coefficient (Wildman–Crippen LogP) is 3.93. The van der Waals surface area contributed by atoms with E-state index in [0.717, 1.165) is 27.1 Å². The van der Waals surface area contributed by atoms with E-state index >= 15 is 0 Å². The quantitative estimate of drug-likeness (QED) is 0.333. The standard InChI is InChI=1S/C28H24N4O4/c1-15-11-13-16(14-12-15)23-21-24(30(2)28(36)31(3)27(21)35)25-22(17-7-6-10-20(33)26(17)34)29-18-8-4-5-9-19(18)32(23)25/h4-14,22,29,33-34H,1-3H3/t22-/m1/s1. The number of hydrogen-bond donors (Lipinski definition) is 3. The normalized spacial score (nSPS) is 14.4. The van der Waals surface area contributed by atoms with Crippen molar-refractivity contribution in [3.05, 3.63) is 104 Å². The summed E-state index contributed by atoms with van der Waals surface area (Å²) in [6.45, 7) is 2.00. The fraction of sp³-hybridized carbons (Fsp3) is 0.143. The van der Waals surface area contributed by atoms with Crippen LogP contribution in [0.15, 0.2) is 76.3 Å². The van der Waals surface area contributed by atoms with Crippen molar-refractivity contribution in [2.75, 3.05) is 5.32 Å². The largest absolute Gasteiger partial charge is 0.504 e. The molecule has 180 valence electrons. The Hall–Kier alpha value is -4.72. The number of phenolic OH excluding ortho intramolecular Hbond substituents is 2. The smallest absolute Gasteiger partial charge is 0.331 e. The van der Waals surface area contributed by atoms with E-state index in [2.05, 4.69) is 5.32 Å². The summed E-state index contributed by atoms with van der Waals surface area (Å²) in [5, 5.41) is 25.0. The zero-order valence-electron chi connectivity index (χ0n) is 20.0. The lowest BCUT2D eigenvalue weighted by Gasteiger charge is -2.31. The Morgan fingerprint density at radius 1 is 0.861 bits per heavy atom. The highest BCUT2D eigenvalue weighted by atomic mass is 16.3. The summed E-state index contributed by atoms with van der Waals surface area (Å²) in [6, 6.07) is 19.7. The zero-order valence-corrected chi connectivity index (χ0v) is 20.0. The number of nitrogens with one attached hydrogen (secondary N) is 1. The van der Waals surface area contributed by atoms with Gasteiger partial charge in [-0.05, 0) is 30.7 Å². The number of nitrogens with zero attached hydrogens (tertiary/aromatic N) is 3. The molecule has 0 fully saturated rings. The van der Waals surface area contributed by atoms with Crippen molar-refractivity contribution < 1.29 is 10.2 Å². The highest BCUT2D eigenvalue weighted by molar-refractivity contribution is 5.99. The number of fused-ring (bicyclic) bond motifs is 5. The van der Waals surface area contributed by atoms with Crippen LogP contribution in [0, 0.1) is 6.92 Å². The van der Waals surface area contributed by atoms with Gasteiger partial charge in [0.25, 0.3) is 5.56 Å². The number of phenols is 2. The number of anilines is 1. The molecule has 8 heteroatoms. The lowest BCUT2D eigenvalue weighted by atomic mass is 9.98. The molecule has 0 radical (unpaired) electrons. The van der Waals surface area contributed by atoms with Gasteiger partial charge in [0.15, 0.2) is 11.5 Å². The van der Waals surface area contributed by atoms with E-state index in [0.29, 0.717) is 27.9 Å². The summed E-state index contributed by atoms with van der Waals surface area (Å²) >= 11 is 0. The minimum absolute atomic E-state index is 0.251. The van der Waals surface area contributed by atoms with Gasteiger partial charge >= 0.3 is 5.69 Å². The number of benzene rings is 3. The topological polar surface area (TPSA) is 101 Å². The molecule has 3 heterocycles. The monoisotopic (exact) mass is 480 g/mol. The third-order valence-corrected chi connectivity index (χ3v) is 7.01. The van der Waals surface area contributed by atoms with Gasteiger partial charge in [0.1, 0.15) is 0 Å². The molecule has 0 amide bonds. The van der Waals surface area contributed by atoms with Crippen molar-refractivity contribution in [1.82, 2.24) is 13.7 Å². The van der Waals surface area contributed by atoms with E-state index in [9.17, 15) is 19.8 Å². The summed E-state index contributed by atoms with van der Waals surface area (Å²) < 4.78 is 4.59. The Morgan fingerprint density at radius 2 is 1.58 bits per heavy atom. The molecule has 1 atom stereocenters. The average Bonchev–Trinajstić information content (AvgIpc) is 3.24. The van der Waals surface area contributed by atoms with E-state index in [1.54, 1.807) is 19.2 Å². The second kappa shape index (κ2) is 7.64. The second-order valence-electron chi connectivity index (χ2n) is 9.17. The van der Waals surface area contributed by atoms with Crippen LogP contribution in [0.1, 0.15) is 22.9 Å². The van der Waals surface area contributed by atoms with Crippen LogP contribution in [0.25, 0.3) is 27.8 Å². The van der Waals surface area contributed by atoms with Crippen molar-refractivity contribution in [2.45, 2.75) is 13.0 Å². The van der Waals surface area contributed by atoms with Gasteiger partial charge < -0.3 is 20.1 Å². The highest BCUT2D eigenvalue weighted by Crippen LogP contribution is 2.47. The molecule has 6 rings (SSSR count). The van der Waals surface area contributed by atoms with Gasteiger partial charge in [-0.2, -0.15) is 0 Å². The summed E-state index contributed by atoms with van der Waals surface area (Å²) in [4.78, 5) is 26.8. The van der Waals surface area contributed by atoms with E-state index in [1.165, 1.54) is 17.7 Å². The van der Waals surface area contributed by atoms with Crippen molar-refractivity contribution in [1.29, 1.82) is 0 Å². The van der Waals surface area contributed by atoms with Crippen molar-refractivity contribution >= 4 is 16.6 Å². The third kappa shape index (κ3) is 2.87. The van der Waals surface area contributed by atoms with Gasteiger partial charge in [-0.15, -0.1) is 0 Å². The molecule has 0 spiro atoms. The van der Waals surface area contributed by atoms with Gasteiger partial charge in [0.05, 0.1) is 39.7 Å². The van der Waals surface area contributed by atoms with E-state index in [1.807, 2.05) is 60.0 Å². The first kappa shape index (κ1) is 21.8. The van der Waals surface area contributed by atoms with Gasteiger partial charge in [-0.1, -0.05) is 54.1 Å². The van der Waals surface area contributed by atoms with Crippen LogP contribution in [-0.4, -0.2) is 23.9 Å². The van der Waals surface area contributed by atoms with Crippen molar-refractivity contribution in [2.24, 2.45) is 14.1 Å². The van der Waals surface area contributed by atoms with Gasteiger partial charge in [-0.3, -0.25) is 13.9 Å². The minimum atomic E-state index is -0.661. The molecule has 2 aromatic heterocycles. The second-order valence-corrected chi connectivity index (χ2v) is 9.17. The molecule has 1 aliphatic rings. The van der Waals surface area contributed by atoms with E-state index < -0.39 is 17.3 Å². The number of aromatic hydroxyl groups is 2. The lowest BCUT2D eigenvalue weighted by Crippen LogP contribution is -2.37. The summed E-state index contributed by atoms with van der Waals surface area (Å²) in [5.74, 6) is -0.514. The van der Waals surface area contributed by atoms with Crippen LogP contribution < -0.4 is 16.6 Å². The van der Waals surface area contributed by atoms with Crippen molar-refractivity contribution in [3.8, 4) is 28.4 Å². The fourth-order valence-corrected chi connectivity index (χ4v) is 5.22. The summed E-state index contributed by atoms with van der Waals surface area (Å²) in [5.41, 5.74) is 4.82. The van der Waals surface area contributed by atoms with Crippen LogP contribution >= 0.6 is 0 Å². The van der Waals surface area contributed by atoms with E-state index in [-0.39, 0.29) is 11.5 Å². The number of rotatable bonds is 2. The maximum atomic E-state index is 13.7. The molecular formula is C28H24N4O4. The van der Waals surface area contributed by atoms with Crippen LogP contribution in [-0.2, 0) is 14.1 Å². The molecule has 36 heavy (non-hydrogen) atoms. The summed E-state index contributed by atoms with van der Waals surface area (Å²) in [6.07, 6.45) is 0. The first-order chi connectivity index (χ1) is 17.3. The molecule has 0 saturated carbocycles. The molecule has 8 nitrogen and oxygen atoms in total. The number of hydrogen-bond acceptors (Lipinski definition) is 5. The maximum absolute atomic E-state index is 13.7. The molecule has 3 aromatic carbocycles. The SMILES string of the molecule is Cc1ccc(-c2c3c(=O)n(C)c(=O)n(C)c3c3n2-c2ccccc2N[C@@H]3c2cccc(O)c2O)cc1. The van der Waals surface area contributed by atoms with Gasteiger partial charge in [0, 0.05) is 19.7 Å². The maximum Gasteiger partial charge on any atom is 0.331 e. The molecule has 0 aliphatic carbocycles. The molecular weight excluding hydrogens is 456 g/mol. The number of aromatic nitrogens is 3. The first-order valence-electron chi connectivity index (χ1n) is 11.6. The predicted molar refractivity (Wildman–Crippen MR) is 139 cm³/mol. The molecule has 0 unspecified atom stereocenters. The Morgan fingerprint density at radius 3 is 2.33 bits per heavy atom. The highest BCUT2D eigenvalue weighted by Gasteiger charge is 2.36. The van der Waals surface area contributed by atoms with Gasteiger partial charge in [0.2, 0.25) is 0 Å². The molecule has 3 N–H and O–H groups in total. The zero-order chi connectivity index (χ0) is 25.3. The molecule has 0 bridgehead atoms. The average molecular weight is 481 g/mol. The van der Waals surface area contributed by atoms with Crippen molar-refractivity contribution in [3.63, 3.8) is 0 Å². The Bertz CT molecular complexity index is 1810. The Balaban J connectivity index is 1.87. The first-order valence-corrected chi connectivity index (χ1v) is 11.6. The fourth-order valence-electron chi connectivity index (χ4n) is 5.22. The van der Waals surface area contributed by atoms with E-state index in [4.69, 9.17) is 0 Å². The van der Waals surface area contributed by atoms with Crippen LogP contribution in [0.4, 0.5) is 5.69 Å². The molecule has 0 saturated heterocycles. The van der Waals surface area contributed by atoms with Crippen LogP contribution in [0.2, 0.25) is 0 Å². The summed E-state index contributed by atoms with van der Waals surface area (Å²) in [7, 11) is 3.12. The van der Waals surface area contributed by atoms with Gasteiger partial charge in [-0.25, -0.2) is 4.79 Å². The number of para-hydroxylation sites is 3.